The van der Waals surface area contributed by atoms with Gasteiger partial charge in [-0.25, -0.2) is 0 Å². The smallest absolute Gasteiger partial charge is 0.236 e. The highest BCUT2D eigenvalue weighted by Crippen LogP contribution is 2.14. The van der Waals surface area contributed by atoms with E-state index in [9.17, 15) is 9.90 Å². The van der Waals surface area contributed by atoms with Gasteiger partial charge in [-0.3, -0.25) is 4.79 Å². The molecule has 1 amide bonds. The van der Waals surface area contributed by atoms with Crippen LogP contribution in [0.1, 0.15) is 5.56 Å². The highest BCUT2D eigenvalue weighted by atomic mass is 16.3. The van der Waals surface area contributed by atoms with E-state index in [-0.39, 0.29) is 17.7 Å². The van der Waals surface area contributed by atoms with Gasteiger partial charge in [-0.1, -0.05) is 12.1 Å². The Bertz CT molecular complexity index is 375. The molecule has 16 heavy (non-hydrogen) atoms. The van der Waals surface area contributed by atoms with E-state index in [1.807, 2.05) is 19.2 Å². The number of likely N-dealkylation sites (N-methyl/N-ethyl adjacent to an activating group) is 1. The fourth-order valence-corrected chi connectivity index (χ4v) is 1.92. The second-order valence-corrected chi connectivity index (χ2v) is 4.16. The number of carbonyl (C=O) groups is 1. The van der Waals surface area contributed by atoms with Gasteiger partial charge < -0.3 is 15.3 Å². The van der Waals surface area contributed by atoms with Gasteiger partial charge in [-0.2, -0.15) is 0 Å². The minimum Gasteiger partial charge on any atom is -0.508 e. The van der Waals surface area contributed by atoms with Crippen LogP contribution in [0.4, 0.5) is 0 Å². The van der Waals surface area contributed by atoms with Crippen LogP contribution < -0.4 is 5.32 Å². The molecular formula is C12H16N2O2. The lowest BCUT2D eigenvalue weighted by Crippen LogP contribution is -2.53. The topological polar surface area (TPSA) is 52.6 Å². The van der Waals surface area contributed by atoms with Crippen LogP contribution in [0, 0.1) is 0 Å². The van der Waals surface area contributed by atoms with Gasteiger partial charge in [0.15, 0.2) is 0 Å². The van der Waals surface area contributed by atoms with Crippen molar-refractivity contribution in [1.29, 1.82) is 0 Å². The van der Waals surface area contributed by atoms with Gasteiger partial charge in [0, 0.05) is 19.6 Å². The molecule has 0 unspecified atom stereocenters. The summed E-state index contributed by atoms with van der Waals surface area (Å²) in [5.41, 5.74) is 1.13. The summed E-state index contributed by atoms with van der Waals surface area (Å²) in [6.07, 6.45) is 0.815. The minimum atomic E-state index is 0.134. The maximum absolute atomic E-state index is 11.5. The fourth-order valence-electron chi connectivity index (χ4n) is 1.92. The maximum atomic E-state index is 11.5. The number of phenols is 1. The predicted octanol–water partition coefficient (Wildman–Crippen LogP) is 0.365. The molecule has 0 radical (unpaired) electrons. The van der Waals surface area contributed by atoms with E-state index in [4.69, 9.17) is 0 Å². The summed E-state index contributed by atoms with van der Waals surface area (Å²) in [6, 6.07) is 7.33. The summed E-state index contributed by atoms with van der Waals surface area (Å²) in [4.78, 5) is 13.3. The van der Waals surface area contributed by atoms with Crippen molar-refractivity contribution in [3.63, 3.8) is 0 Å². The van der Waals surface area contributed by atoms with Gasteiger partial charge in [0.05, 0.1) is 6.54 Å². The van der Waals surface area contributed by atoms with Crippen molar-refractivity contribution in [3.05, 3.63) is 29.8 Å². The molecule has 2 N–H and O–H groups in total. The van der Waals surface area contributed by atoms with E-state index >= 15 is 0 Å². The number of nitrogens with one attached hydrogen (secondary N) is 1. The molecule has 0 spiro atoms. The molecule has 1 aliphatic heterocycles. The van der Waals surface area contributed by atoms with Crippen LogP contribution in [0.25, 0.3) is 0 Å². The molecule has 1 heterocycles. The second kappa shape index (κ2) is 4.53. The number of hydrogen-bond donors (Lipinski definition) is 2. The Morgan fingerprint density at radius 3 is 2.81 bits per heavy atom. The lowest BCUT2D eigenvalue weighted by Gasteiger charge is -2.33. The number of piperazine rings is 1. The highest BCUT2D eigenvalue weighted by Gasteiger charge is 2.24. The third-order valence-corrected chi connectivity index (χ3v) is 3.00. The number of hydrogen-bond acceptors (Lipinski definition) is 3. The Hall–Kier alpha value is -1.55. The van der Waals surface area contributed by atoms with Gasteiger partial charge >= 0.3 is 0 Å². The van der Waals surface area contributed by atoms with Crippen molar-refractivity contribution in [2.75, 3.05) is 20.1 Å². The molecule has 1 aromatic carbocycles. The first-order valence-electron chi connectivity index (χ1n) is 5.41. The molecule has 1 saturated heterocycles. The Kier molecular flexibility index (Phi) is 3.10. The molecular weight excluding hydrogens is 204 g/mol. The Labute approximate surface area is 94.9 Å². The summed E-state index contributed by atoms with van der Waals surface area (Å²) in [5.74, 6) is 0.407. The number of aromatic hydroxyl groups is 1. The zero-order chi connectivity index (χ0) is 11.5. The van der Waals surface area contributed by atoms with Crippen molar-refractivity contribution < 1.29 is 9.90 Å². The summed E-state index contributed by atoms with van der Waals surface area (Å²) < 4.78 is 0. The monoisotopic (exact) mass is 220 g/mol. The van der Waals surface area contributed by atoms with E-state index in [0.717, 1.165) is 18.5 Å². The van der Waals surface area contributed by atoms with Crippen LogP contribution >= 0.6 is 0 Å². The Morgan fingerprint density at radius 1 is 1.44 bits per heavy atom. The average Bonchev–Trinajstić information content (AvgIpc) is 2.28. The third-order valence-electron chi connectivity index (χ3n) is 3.00. The van der Waals surface area contributed by atoms with Crippen LogP contribution in [-0.2, 0) is 11.2 Å². The first-order chi connectivity index (χ1) is 7.66. The first-order valence-corrected chi connectivity index (χ1v) is 5.41. The molecule has 0 bridgehead atoms. The van der Waals surface area contributed by atoms with Crippen LogP contribution in [0.5, 0.6) is 5.75 Å². The minimum absolute atomic E-state index is 0.134. The molecule has 1 aromatic rings. The van der Waals surface area contributed by atoms with E-state index in [1.54, 1.807) is 17.0 Å². The maximum Gasteiger partial charge on any atom is 0.236 e. The van der Waals surface area contributed by atoms with Crippen LogP contribution in [-0.4, -0.2) is 42.1 Å². The van der Waals surface area contributed by atoms with Gasteiger partial charge in [-0.05, 0) is 24.1 Å². The number of benzene rings is 1. The summed E-state index contributed by atoms with van der Waals surface area (Å²) in [5, 5.41) is 12.3. The zero-order valence-corrected chi connectivity index (χ0v) is 9.31. The number of nitrogens with zero attached hydrogens (tertiary/aromatic N) is 1. The van der Waals surface area contributed by atoms with Crippen molar-refractivity contribution in [3.8, 4) is 5.75 Å². The molecule has 4 heteroatoms. The van der Waals surface area contributed by atoms with Gasteiger partial charge in [-0.15, -0.1) is 0 Å². The second-order valence-electron chi connectivity index (χ2n) is 4.16. The summed E-state index contributed by atoms with van der Waals surface area (Å²) in [7, 11) is 1.84. The Balaban J connectivity index is 2.03. The first kappa shape index (κ1) is 11.0. The fraction of sp³-hybridized carbons (Fsp3) is 0.417. The van der Waals surface area contributed by atoms with Crippen molar-refractivity contribution in [2.45, 2.75) is 12.5 Å². The van der Waals surface area contributed by atoms with E-state index < -0.39 is 0 Å². The quantitative estimate of drug-likeness (QED) is 0.757. The van der Waals surface area contributed by atoms with Crippen LogP contribution in [0.3, 0.4) is 0 Å². The molecule has 0 aromatic heterocycles. The van der Waals surface area contributed by atoms with Gasteiger partial charge in [0.25, 0.3) is 0 Å². The summed E-state index contributed by atoms with van der Waals surface area (Å²) >= 11 is 0. The highest BCUT2D eigenvalue weighted by molar-refractivity contribution is 5.79. The molecule has 2 rings (SSSR count). The lowest BCUT2D eigenvalue weighted by atomic mass is 10.0. The van der Waals surface area contributed by atoms with E-state index in [0.29, 0.717) is 6.54 Å². The largest absolute Gasteiger partial charge is 0.508 e. The van der Waals surface area contributed by atoms with Crippen LogP contribution in [0.15, 0.2) is 24.3 Å². The number of phenolic OH excluding ortho intramolecular Hbond substituents is 1. The molecule has 1 aliphatic rings. The normalized spacial score (nSPS) is 21.2. The molecule has 4 nitrogen and oxygen atoms in total. The van der Waals surface area contributed by atoms with Gasteiger partial charge in [0.1, 0.15) is 5.75 Å². The SMILES string of the molecule is CN1C(=O)CNC[C@@H]1Cc1ccc(O)cc1. The zero-order valence-electron chi connectivity index (χ0n) is 9.31. The molecule has 0 aliphatic carbocycles. The van der Waals surface area contributed by atoms with Crippen LogP contribution in [0.2, 0.25) is 0 Å². The summed E-state index contributed by atoms with van der Waals surface area (Å²) in [6.45, 7) is 1.26. The number of carbonyl (C=O) groups excluding carboxylic acids is 1. The molecule has 86 valence electrons. The van der Waals surface area contributed by atoms with Gasteiger partial charge in [0.2, 0.25) is 5.91 Å². The molecule has 1 fully saturated rings. The molecule has 1 atom stereocenters. The Morgan fingerprint density at radius 2 is 2.12 bits per heavy atom. The lowest BCUT2D eigenvalue weighted by molar-refractivity contribution is -0.133. The molecule has 0 saturated carbocycles. The third kappa shape index (κ3) is 2.33. The average molecular weight is 220 g/mol. The van der Waals surface area contributed by atoms with E-state index in [1.165, 1.54) is 0 Å². The number of amides is 1. The van der Waals surface area contributed by atoms with E-state index in [2.05, 4.69) is 5.32 Å². The predicted molar refractivity (Wildman–Crippen MR) is 61.2 cm³/mol. The van der Waals surface area contributed by atoms with Crippen molar-refractivity contribution in [1.82, 2.24) is 10.2 Å². The van der Waals surface area contributed by atoms with Crippen molar-refractivity contribution >= 4 is 5.91 Å². The standard InChI is InChI=1S/C12H16N2O2/c1-14-10(7-13-8-12(14)16)6-9-2-4-11(15)5-3-9/h2-5,10,13,15H,6-8H2,1H3/t10-/m0/s1. The van der Waals surface area contributed by atoms with Crippen molar-refractivity contribution in [2.24, 2.45) is 0 Å². The number of rotatable bonds is 2.